The van der Waals surface area contributed by atoms with Crippen molar-refractivity contribution in [2.75, 3.05) is 6.54 Å². The molecule has 1 unspecified atom stereocenters. The van der Waals surface area contributed by atoms with Crippen LogP contribution in [0.4, 0.5) is 0 Å². The predicted molar refractivity (Wildman–Crippen MR) is 56.8 cm³/mol. The lowest BCUT2D eigenvalue weighted by molar-refractivity contribution is 0.335. The first kappa shape index (κ1) is 9.51. The van der Waals surface area contributed by atoms with Crippen LogP contribution in [0.15, 0.2) is 0 Å². The van der Waals surface area contributed by atoms with Gasteiger partial charge in [-0.1, -0.05) is 33.1 Å². The number of hydrogen-bond acceptors (Lipinski definition) is 1. The van der Waals surface area contributed by atoms with Crippen LogP contribution in [-0.4, -0.2) is 12.6 Å². The summed E-state index contributed by atoms with van der Waals surface area (Å²) in [5.41, 5.74) is 0.606. The van der Waals surface area contributed by atoms with Crippen LogP contribution in [0.1, 0.15) is 52.4 Å². The van der Waals surface area contributed by atoms with Gasteiger partial charge in [0.1, 0.15) is 0 Å². The van der Waals surface area contributed by atoms with Crippen LogP contribution in [0.2, 0.25) is 0 Å². The Morgan fingerprint density at radius 2 is 1.77 bits per heavy atom. The van der Waals surface area contributed by atoms with Crippen molar-refractivity contribution in [1.29, 1.82) is 0 Å². The van der Waals surface area contributed by atoms with Crippen LogP contribution in [0.5, 0.6) is 0 Å². The molecule has 0 amide bonds. The zero-order valence-electron chi connectivity index (χ0n) is 9.10. The average molecular weight is 181 g/mol. The minimum atomic E-state index is 0.606. The van der Waals surface area contributed by atoms with Gasteiger partial charge >= 0.3 is 0 Å². The van der Waals surface area contributed by atoms with Gasteiger partial charge < -0.3 is 5.32 Å². The molecule has 0 aromatic carbocycles. The van der Waals surface area contributed by atoms with Crippen LogP contribution in [0, 0.1) is 11.3 Å². The lowest BCUT2D eigenvalue weighted by Gasteiger charge is -2.22. The van der Waals surface area contributed by atoms with Crippen LogP contribution in [0.25, 0.3) is 0 Å². The summed E-state index contributed by atoms with van der Waals surface area (Å²) >= 11 is 0. The van der Waals surface area contributed by atoms with Crippen LogP contribution in [0.3, 0.4) is 0 Å². The van der Waals surface area contributed by atoms with E-state index in [1.807, 2.05) is 0 Å². The summed E-state index contributed by atoms with van der Waals surface area (Å²) in [6.07, 6.45) is 8.76. The summed E-state index contributed by atoms with van der Waals surface area (Å²) < 4.78 is 0. The molecule has 0 bridgehead atoms. The molecule has 2 saturated carbocycles. The minimum absolute atomic E-state index is 0.606. The molecule has 2 aliphatic rings. The standard InChI is InChI=1S/C12H23N/c1-12(2)8-11(12)13-9-10-6-4-3-5-7-10/h10-11,13H,3-9H2,1-2H3. The van der Waals surface area contributed by atoms with Crippen molar-refractivity contribution < 1.29 is 0 Å². The summed E-state index contributed by atoms with van der Waals surface area (Å²) in [5.74, 6) is 0.991. The fourth-order valence-electron chi connectivity index (χ4n) is 2.52. The van der Waals surface area contributed by atoms with Crippen LogP contribution < -0.4 is 5.32 Å². The number of rotatable bonds is 3. The van der Waals surface area contributed by atoms with Gasteiger partial charge in [-0.2, -0.15) is 0 Å². The first-order valence-electron chi connectivity index (χ1n) is 5.92. The highest BCUT2D eigenvalue weighted by molar-refractivity contribution is 5.01. The smallest absolute Gasteiger partial charge is 0.0125 e. The fourth-order valence-corrected chi connectivity index (χ4v) is 2.52. The predicted octanol–water partition coefficient (Wildman–Crippen LogP) is 2.95. The molecule has 0 spiro atoms. The molecule has 1 heteroatoms. The van der Waals surface area contributed by atoms with Crippen molar-refractivity contribution in [2.45, 2.75) is 58.4 Å². The second kappa shape index (κ2) is 3.61. The van der Waals surface area contributed by atoms with Crippen LogP contribution in [-0.2, 0) is 0 Å². The van der Waals surface area contributed by atoms with Crippen molar-refractivity contribution in [2.24, 2.45) is 11.3 Å². The molecule has 2 fully saturated rings. The molecule has 0 aromatic rings. The van der Waals surface area contributed by atoms with E-state index in [1.54, 1.807) is 0 Å². The Bertz CT molecular complexity index is 168. The molecule has 1 nitrogen and oxygen atoms in total. The summed E-state index contributed by atoms with van der Waals surface area (Å²) in [4.78, 5) is 0. The molecule has 0 aromatic heterocycles. The lowest BCUT2D eigenvalue weighted by Crippen LogP contribution is -2.28. The first-order chi connectivity index (χ1) is 6.18. The highest BCUT2D eigenvalue weighted by Crippen LogP contribution is 2.44. The van der Waals surface area contributed by atoms with Gasteiger partial charge in [0.15, 0.2) is 0 Å². The third kappa shape index (κ3) is 2.46. The normalized spacial score (nSPS) is 33.2. The van der Waals surface area contributed by atoms with E-state index in [9.17, 15) is 0 Å². The summed E-state index contributed by atoms with van der Waals surface area (Å²) in [6.45, 7) is 6.02. The Hall–Kier alpha value is -0.0400. The average Bonchev–Trinajstić information content (AvgIpc) is 2.73. The van der Waals surface area contributed by atoms with E-state index >= 15 is 0 Å². The molecule has 76 valence electrons. The van der Waals surface area contributed by atoms with Gasteiger partial charge in [0, 0.05) is 6.04 Å². The van der Waals surface area contributed by atoms with Gasteiger partial charge in [-0.3, -0.25) is 0 Å². The highest BCUT2D eigenvalue weighted by atomic mass is 15.0. The second-order valence-corrected chi connectivity index (χ2v) is 5.66. The first-order valence-corrected chi connectivity index (χ1v) is 5.92. The van der Waals surface area contributed by atoms with E-state index in [0.717, 1.165) is 12.0 Å². The van der Waals surface area contributed by atoms with Gasteiger partial charge in [0.25, 0.3) is 0 Å². The van der Waals surface area contributed by atoms with Crippen molar-refractivity contribution in [3.05, 3.63) is 0 Å². The molecule has 0 aliphatic heterocycles. The van der Waals surface area contributed by atoms with Crippen molar-refractivity contribution in [3.63, 3.8) is 0 Å². The quantitative estimate of drug-likeness (QED) is 0.706. The van der Waals surface area contributed by atoms with E-state index in [-0.39, 0.29) is 0 Å². The molecule has 0 heterocycles. The molecular weight excluding hydrogens is 158 g/mol. The van der Waals surface area contributed by atoms with Gasteiger partial charge in [-0.25, -0.2) is 0 Å². The Labute approximate surface area is 82.3 Å². The van der Waals surface area contributed by atoms with E-state index in [1.165, 1.54) is 45.1 Å². The van der Waals surface area contributed by atoms with Crippen molar-refractivity contribution >= 4 is 0 Å². The summed E-state index contributed by atoms with van der Waals surface area (Å²) in [5, 5.41) is 3.72. The third-order valence-electron chi connectivity index (χ3n) is 3.89. The highest BCUT2D eigenvalue weighted by Gasteiger charge is 2.45. The van der Waals surface area contributed by atoms with E-state index in [0.29, 0.717) is 5.41 Å². The molecular formula is C12H23N. The minimum Gasteiger partial charge on any atom is -0.313 e. The Morgan fingerprint density at radius 1 is 1.15 bits per heavy atom. The largest absolute Gasteiger partial charge is 0.313 e. The van der Waals surface area contributed by atoms with E-state index < -0.39 is 0 Å². The Balaban J connectivity index is 1.62. The van der Waals surface area contributed by atoms with Crippen LogP contribution >= 0.6 is 0 Å². The monoisotopic (exact) mass is 181 g/mol. The van der Waals surface area contributed by atoms with E-state index in [2.05, 4.69) is 19.2 Å². The molecule has 13 heavy (non-hydrogen) atoms. The maximum Gasteiger partial charge on any atom is 0.0125 e. The molecule has 2 rings (SSSR count). The topological polar surface area (TPSA) is 12.0 Å². The maximum absolute atomic E-state index is 3.72. The van der Waals surface area contributed by atoms with Crippen molar-refractivity contribution in [3.8, 4) is 0 Å². The number of nitrogens with one attached hydrogen (secondary N) is 1. The SMILES string of the molecule is CC1(C)CC1NCC1CCCCC1. The maximum atomic E-state index is 3.72. The fraction of sp³-hybridized carbons (Fsp3) is 1.00. The second-order valence-electron chi connectivity index (χ2n) is 5.66. The van der Waals surface area contributed by atoms with Gasteiger partial charge in [-0.15, -0.1) is 0 Å². The molecule has 1 N–H and O–H groups in total. The molecule has 0 radical (unpaired) electrons. The van der Waals surface area contributed by atoms with Gasteiger partial charge in [0.05, 0.1) is 0 Å². The molecule has 1 atom stereocenters. The van der Waals surface area contributed by atoms with Crippen molar-refractivity contribution in [1.82, 2.24) is 5.32 Å². The summed E-state index contributed by atoms with van der Waals surface area (Å²) in [7, 11) is 0. The van der Waals surface area contributed by atoms with Gasteiger partial charge in [-0.05, 0) is 37.1 Å². The van der Waals surface area contributed by atoms with E-state index in [4.69, 9.17) is 0 Å². The van der Waals surface area contributed by atoms with Gasteiger partial charge in [0.2, 0.25) is 0 Å². The Morgan fingerprint density at radius 3 is 2.31 bits per heavy atom. The molecule has 0 saturated heterocycles. The number of hydrogen-bond donors (Lipinski definition) is 1. The Kier molecular flexibility index (Phi) is 2.64. The summed E-state index contributed by atoms with van der Waals surface area (Å²) in [6, 6.07) is 0.828. The lowest BCUT2D eigenvalue weighted by atomic mass is 9.89. The molecule has 2 aliphatic carbocycles. The zero-order chi connectivity index (χ0) is 9.31. The zero-order valence-corrected chi connectivity index (χ0v) is 9.10. The third-order valence-corrected chi connectivity index (χ3v) is 3.89.